The van der Waals surface area contributed by atoms with Gasteiger partial charge in [0.1, 0.15) is 28.7 Å². The van der Waals surface area contributed by atoms with Gasteiger partial charge in [-0.25, -0.2) is 9.37 Å². The lowest BCUT2D eigenvalue weighted by Crippen LogP contribution is -1.88. The van der Waals surface area contributed by atoms with E-state index in [4.69, 9.17) is 4.74 Å². The SMILES string of the molecule is COc1cncc(-c2cc3c(-c4cc5c(-c6cc(O)cc(F)c6)ccnc5[nH]4)n[nH]c3cn2)c1. The van der Waals surface area contributed by atoms with Crippen LogP contribution in [-0.4, -0.2) is 42.3 Å². The average molecular weight is 452 g/mol. The van der Waals surface area contributed by atoms with Crippen LogP contribution in [0.2, 0.25) is 0 Å². The quantitative estimate of drug-likeness (QED) is 0.344. The van der Waals surface area contributed by atoms with Crippen LogP contribution in [0, 0.1) is 5.82 Å². The molecule has 0 saturated heterocycles. The van der Waals surface area contributed by atoms with Gasteiger partial charge in [0, 0.05) is 34.8 Å². The molecule has 0 saturated carbocycles. The molecule has 0 bridgehead atoms. The molecule has 34 heavy (non-hydrogen) atoms. The number of aromatic hydroxyl groups is 1. The Hall–Kier alpha value is -4.79. The molecule has 0 amide bonds. The minimum Gasteiger partial charge on any atom is -0.508 e. The monoisotopic (exact) mass is 452 g/mol. The van der Waals surface area contributed by atoms with Crippen molar-refractivity contribution in [3.8, 4) is 45.3 Å². The predicted octanol–water partition coefficient (Wildman–Crippen LogP) is 5.08. The number of nitrogens with one attached hydrogen (secondary N) is 2. The Balaban J connectivity index is 1.49. The van der Waals surface area contributed by atoms with Crippen molar-refractivity contribution in [2.75, 3.05) is 7.11 Å². The molecule has 0 fully saturated rings. The normalized spacial score (nSPS) is 11.4. The van der Waals surface area contributed by atoms with Crippen LogP contribution in [0.3, 0.4) is 0 Å². The summed E-state index contributed by atoms with van der Waals surface area (Å²) in [6.45, 7) is 0. The standard InChI is InChI=1S/C25H17FN6O2/c1-34-17-6-14(10-27-11-17)21-9-20-23(12-29-21)31-32-24(20)22-8-19-18(2-3-28-25(19)30-22)13-4-15(26)7-16(33)5-13/h2-12,33H,1H3,(H,28,30)(H,31,32). The zero-order chi connectivity index (χ0) is 23.2. The van der Waals surface area contributed by atoms with E-state index >= 15 is 0 Å². The molecule has 0 radical (unpaired) electrons. The van der Waals surface area contributed by atoms with Crippen LogP contribution < -0.4 is 4.74 Å². The zero-order valence-electron chi connectivity index (χ0n) is 17.9. The van der Waals surface area contributed by atoms with E-state index in [2.05, 4.69) is 30.1 Å². The first-order valence-corrected chi connectivity index (χ1v) is 10.4. The molecular formula is C25H17FN6O2. The van der Waals surface area contributed by atoms with Crippen LogP contribution in [0.1, 0.15) is 0 Å². The van der Waals surface area contributed by atoms with E-state index in [0.717, 1.165) is 44.9 Å². The van der Waals surface area contributed by atoms with Crippen molar-refractivity contribution in [3.05, 3.63) is 73.1 Å². The summed E-state index contributed by atoms with van der Waals surface area (Å²) in [6.07, 6.45) is 6.73. The second-order valence-corrected chi connectivity index (χ2v) is 7.80. The van der Waals surface area contributed by atoms with Crippen molar-refractivity contribution in [1.82, 2.24) is 30.1 Å². The molecule has 166 valence electrons. The van der Waals surface area contributed by atoms with Gasteiger partial charge in [0.2, 0.25) is 0 Å². The van der Waals surface area contributed by atoms with E-state index < -0.39 is 5.82 Å². The predicted molar refractivity (Wildman–Crippen MR) is 126 cm³/mol. The highest BCUT2D eigenvalue weighted by Crippen LogP contribution is 2.35. The molecule has 6 aromatic rings. The highest BCUT2D eigenvalue weighted by molar-refractivity contribution is 6.00. The van der Waals surface area contributed by atoms with Crippen molar-refractivity contribution < 1.29 is 14.2 Å². The van der Waals surface area contributed by atoms with E-state index in [1.807, 2.05) is 18.2 Å². The summed E-state index contributed by atoms with van der Waals surface area (Å²) in [5, 5.41) is 19.0. The summed E-state index contributed by atoms with van der Waals surface area (Å²) < 4.78 is 19.2. The molecule has 5 aromatic heterocycles. The summed E-state index contributed by atoms with van der Waals surface area (Å²) in [5.74, 6) is -0.00780. The molecule has 6 rings (SSSR count). The van der Waals surface area contributed by atoms with E-state index in [1.165, 1.54) is 12.1 Å². The fraction of sp³-hybridized carbons (Fsp3) is 0.0400. The molecule has 9 heteroatoms. The van der Waals surface area contributed by atoms with Gasteiger partial charge in [-0.2, -0.15) is 5.10 Å². The van der Waals surface area contributed by atoms with Crippen molar-refractivity contribution in [2.24, 2.45) is 0 Å². The molecule has 0 aliphatic heterocycles. The third-order valence-electron chi connectivity index (χ3n) is 5.67. The molecule has 0 spiro atoms. The second kappa shape index (κ2) is 7.66. The first-order valence-electron chi connectivity index (χ1n) is 10.4. The number of ether oxygens (including phenoxy) is 1. The van der Waals surface area contributed by atoms with Crippen LogP contribution in [0.4, 0.5) is 4.39 Å². The Morgan fingerprint density at radius 1 is 0.941 bits per heavy atom. The number of phenolic OH excluding ortho intramolecular Hbond substituents is 1. The smallest absolute Gasteiger partial charge is 0.138 e. The number of methoxy groups -OCH3 is 1. The lowest BCUT2D eigenvalue weighted by molar-refractivity contribution is 0.413. The molecule has 0 atom stereocenters. The van der Waals surface area contributed by atoms with Crippen LogP contribution in [0.5, 0.6) is 11.5 Å². The largest absolute Gasteiger partial charge is 0.508 e. The molecular weight excluding hydrogens is 435 g/mol. The van der Waals surface area contributed by atoms with Crippen LogP contribution in [0.25, 0.3) is 55.7 Å². The third-order valence-corrected chi connectivity index (χ3v) is 5.67. The van der Waals surface area contributed by atoms with Crippen LogP contribution in [0.15, 0.2) is 67.3 Å². The summed E-state index contributed by atoms with van der Waals surface area (Å²) in [6, 6.07) is 11.5. The topological polar surface area (TPSA) is 113 Å². The van der Waals surface area contributed by atoms with Gasteiger partial charge in [-0.1, -0.05) is 0 Å². The Labute approximate surface area is 192 Å². The van der Waals surface area contributed by atoms with Gasteiger partial charge in [0.25, 0.3) is 0 Å². The average Bonchev–Trinajstić information content (AvgIpc) is 3.46. The Bertz CT molecular complexity index is 1670. The minimum atomic E-state index is -0.513. The second-order valence-electron chi connectivity index (χ2n) is 7.80. The molecule has 3 N–H and O–H groups in total. The number of aromatic nitrogens is 6. The van der Waals surface area contributed by atoms with Crippen molar-refractivity contribution in [1.29, 1.82) is 0 Å². The number of aromatic amines is 2. The van der Waals surface area contributed by atoms with Crippen molar-refractivity contribution in [3.63, 3.8) is 0 Å². The summed E-state index contributed by atoms with van der Waals surface area (Å²) in [7, 11) is 1.59. The number of pyridine rings is 3. The first kappa shape index (κ1) is 19.9. The number of fused-ring (bicyclic) bond motifs is 2. The lowest BCUT2D eigenvalue weighted by Gasteiger charge is -2.04. The third kappa shape index (κ3) is 3.30. The van der Waals surface area contributed by atoms with E-state index in [0.29, 0.717) is 22.7 Å². The first-order chi connectivity index (χ1) is 16.6. The number of nitrogens with zero attached hydrogens (tertiary/aromatic N) is 4. The minimum absolute atomic E-state index is 0.138. The van der Waals surface area contributed by atoms with Gasteiger partial charge < -0.3 is 14.8 Å². The number of hydrogen-bond donors (Lipinski definition) is 3. The molecule has 5 heterocycles. The number of hydrogen-bond acceptors (Lipinski definition) is 6. The number of phenols is 1. The molecule has 8 nitrogen and oxygen atoms in total. The van der Waals surface area contributed by atoms with Crippen LogP contribution >= 0.6 is 0 Å². The molecule has 0 unspecified atom stereocenters. The number of rotatable bonds is 4. The summed E-state index contributed by atoms with van der Waals surface area (Å²) in [4.78, 5) is 16.5. The van der Waals surface area contributed by atoms with Gasteiger partial charge >= 0.3 is 0 Å². The Morgan fingerprint density at radius 3 is 2.71 bits per heavy atom. The van der Waals surface area contributed by atoms with Gasteiger partial charge in [-0.15, -0.1) is 0 Å². The summed E-state index contributed by atoms with van der Waals surface area (Å²) >= 11 is 0. The lowest BCUT2D eigenvalue weighted by atomic mass is 10.0. The zero-order valence-corrected chi connectivity index (χ0v) is 17.9. The molecule has 0 aliphatic rings. The van der Waals surface area contributed by atoms with Gasteiger partial charge in [0.15, 0.2) is 0 Å². The van der Waals surface area contributed by atoms with Crippen molar-refractivity contribution in [2.45, 2.75) is 0 Å². The Morgan fingerprint density at radius 2 is 1.85 bits per heavy atom. The highest BCUT2D eigenvalue weighted by atomic mass is 19.1. The fourth-order valence-electron chi connectivity index (χ4n) is 4.09. The summed E-state index contributed by atoms with van der Waals surface area (Å²) in [5.41, 5.74) is 5.68. The fourth-order valence-corrected chi connectivity index (χ4v) is 4.09. The van der Waals surface area contributed by atoms with E-state index in [-0.39, 0.29) is 5.75 Å². The van der Waals surface area contributed by atoms with Gasteiger partial charge in [-0.3, -0.25) is 15.1 Å². The highest BCUT2D eigenvalue weighted by Gasteiger charge is 2.16. The van der Waals surface area contributed by atoms with Crippen LogP contribution in [-0.2, 0) is 0 Å². The number of benzene rings is 1. The molecule has 0 aliphatic carbocycles. The van der Waals surface area contributed by atoms with Crippen molar-refractivity contribution >= 4 is 21.9 Å². The number of halogens is 1. The Kier molecular flexibility index (Phi) is 4.48. The maximum atomic E-state index is 13.9. The van der Waals surface area contributed by atoms with Gasteiger partial charge in [0.05, 0.1) is 36.4 Å². The van der Waals surface area contributed by atoms with E-state index in [9.17, 15) is 9.50 Å². The van der Waals surface area contributed by atoms with E-state index in [1.54, 1.807) is 38.0 Å². The number of H-pyrrole nitrogens is 2. The molecule has 1 aromatic carbocycles. The maximum Gasteiger partial charge on any atom is 0.138 e. The van der Waals surface area contributed by atoms with Gasteiger partial charge in [-0.05, 0) is 47.5 Å². The maximum absolute atomic E-state index is 13.9.